The van der Waals surface area contributed by atoms with Gasteiger partial charge in [0.2, 0.25) is 0 Å². The van der Waals surface area contributed by atoms with Gasteiger partial charge in [0.05, 0.1) is 12.0 Å². The number of carbonyl (C=O) groups excluding carboxylic acids is 1. The van der Waals surface area contributed by atoms with Crippen LogP contribution in [-0.2, 0) is 11.3 Å². The minimum atomic E-state index is -0.848. The first kappa shape index (κ1) is 17.3. The van der Waals surface area contributed by atoms with Crippen molar-refractivity contribution in [2.24, 2.45) is 0 Å². The molecule has 25 heavy (non-hydrogen) atoms. The largest absolute Gasteiger partial charge is 0.481 e. The topological polar surface area (TPSA) is 62.5 Å². The first-order chi connectivity index (χ1) is 12.0. The molecule has 2 aromatic rings. The Labute approximate surface area is 147 Å². The molecule has 0 aliphatic carbocycles. The molecule has 1 aliphatic heterocycles. The highest BCUT2D eigenvalue weighted by molar-refractivity contribution is 5.96. The molecule has 1 aromatic heterocycles. The van der Waals surface area contributed by atoms with Gasteiger partial charge in [-0.15, -0.1) is 0 Å². The van der Waals surface area contributed by atoms with Crippen molar-refractivity contribution >= 4 is 11.9 Å². The van der Waals surface area contributed by atoms with E-state index in [-0.39, 0.29) is 18.4 Å². The lowest BCUT2D eigenvalue weighted by atomic mass is 10.1. The standard InChI is InChI=1S/C20H24N2O3/c1-14-11-18(15(2)22(14)13-16-7-4-3-5-8-16)20(25)21-10-6-9-17(21)12-19(23)24/h3-5,7-8,11,17H,6,9-10,12-13H2,1-2H3,(H,23,24). The minimum Gasteiger partial charge on any atom is -0.481 e. The first-order valence-corrected chi connectivity index (χ1v) is 8.70. The number of carboxylic acid groups (broad SMARTS) is 1. The summed E-state index contributed by atoms with van der Waals surface area (Å²) in [6.07, 6.45) is 1.65. The number of rotatable bonds is 5. The van der Waals surface area contributed by atoms with Crippen LogP contribution in [0.25, 0.3) is 0 Å². The van der Waals surface area contributed by atoms with E-state index in [2.05, 4.69) is 16.7 Å². The van der Waals surface area contributed by atoms with Crippen molar-refractivity contribution in [2.45, 2.75) is 45.7 Å². The fourth-order valence-electron chi connectivity index (χ4n) is 3.70. The van der Waals surface area contributed by atoms with Crippen LogP contribution in [0.5, 0.6) is 0 Å². The molecule has 1 saturated heterocycles. The molecule has 0 spiro atoms. The summed E-state index contributed by atoms with van der Waals surface area (Å²) in [7, 11) is 0. The van der Waals surface area contributed by atoms with Crippen LogP contribution < -0.4 is 0 Å². The van der Waals surface area contributed by atoms with Crippen LogP contribution in [0.1, 0.15) is 46.6 Å². The first-order valence-electron chi connectivity index (χ1n) is 8.70. The number of aromatic nitrogens is 1. The van der Waals surface area contributed by atoms with E-state index in [9.17, 15) is 9.59 Å². The zero-order valence-corrected chi connectivity index (χ0v) is 14.7. The maximum absolute atomic E-state index is 13.0. The zero-order chi connectivity index (χ0) is 18.0. The molecule has 132 valence electrons. The summed E-state index contributed by atoms with van der Waals surface area (Å²) in [4.78, 5) is 25.8. The van der Waals surface area contributed by atoms with Crippen LogP contribution in [0.4, 0.5) is 0 Å². The second-order valence-corrected chi connectivity index (χ2v) is 6.75. The van der Waals surface area contributed by atoms with Crippen molar-refractivity contribution in [3.05, 3.63) is 58.9 Å². The molecule has 1 amide bonds. The van der Waals surface area contributed by atoms with Crippen LogP contribution >= 0.6 is 0 Å². The van der Waals surface area contributed by atoms with Crippen molar-refractivity contribution < 1.29 is 14.7 Å². The summed E-state index contributed by atoms with van der Waals surface area (Å²) < 4.78 is 2.14. The van der Waals surface area contributed by atoms with Crippen LogP contribution in [-0.4, -0.2) is 39.0 Å². The molecule has 1 aliphatic rings. The number of amides is 1. The van der Waals surface area contributed by atoms with E-state index in [1.54, 1.807) is 4.90 Å². The number of hydrogen-bond acceptors (Lipinski definition) is 2. The Bertz CT molecular complexity index is 780. The molecule has 1 fully saturated rings. The summed E-state index contributed by atoms with van der Waals surface area (Å²) in [6, 6.07) is 11.9. The highest BCUT2D eigenvalue weighted by Gasteiger charge is 2.32. The van der Waals surface area contributed by atoms with Crippen LogP contribution in [0.2, 0.25) is 0 Å². The van der Waals surface area contributed by atoms with Crippen LogP contribution in [0.15, 0.2) is 36.4 Å². The number of likely N-dealkylation sites (tertiary alicyclic amines) is 1. The zero-order valence-electron chi connectivity index (χ0n) is 14.7. The number of benzene rings is 1. The lowest BCUT2D eigenvalue weighted by Gasteiger charge is -2.23. The van der Waals surface area contributed by atoms with E-state index in [0.717, 1.165) is 30.8 Å². The fourth-order valence-corrected chi connectivity index (χ4v) is 3.70. The summed E-state index contributed by atoms with van der Waals surface area (Å²) in [5.41, 5.74) is 3.85. The minimum absolute atomic E-state index is 0.0223. The number of aliphatic carboxylic acids is 1. The van der Waals surface area contributed by atoms with E-state index in [4.69, 9.17) is 5.11 Å². The van der Waals surface area contributed by atoms with Crippen molar-refractivity contribution in [3.63, 3.8) is 0 Å². The maximum atomic E-state index is 13.0. The van der Waals surface area contributed by atoms with Gasteiger partial charge in [-0.2, -0.15) is 0 Å². The van der Waals surface area contributed by atoms with Gasteiger partial charge in [0, 0.05) is 30.5 Å². The summed E-state index contributed by atoms with van der Waals surface area (Å²) in [5.74, 6) is -0.893. The molecule has 2 heterocycles. The summed E-state index contributed by atoms with van der Waals surface area (Å²) in [6.45, 7) is 5.33. The third-order valence-electron chi connectivity index (χ3n) is 5.04. The number of hydrogen-bond donors (Lipinski definition) is 1. The average Bonchev–Trinajstić information content (AvgIpc) is 3.14. The van der Waals surface area contributed by atoms with E-state index in [1.165, 1.54) is 5.56 Å². The van der Waals surface area contributed by atoms with Gasteiger partial charge in [-0.25, -0.2) is 0 Å². The van der Waals surface area contributed by atoms with E-state index in [1.807, 2.05) is 38.1 Å². The molecule has 0 radical (unpaired) electrons. The molecule has 1 unspecified atom stereocenters. The predicted octanol–water partition coefficient (Wildman–Crippen LogP) is 3.23. The molecule has 1 aromatic carbocycles. The lowest BCUT2D eigenvalue weighted by molar-refractivity contribution is -0.137. The second-order valence-electron chi connectivity index (χ2n) is 6.75. The molecule has 1 N–H and O–H groups in total. The highest BCUT2D eigenvalue weighted by atomic mass is 16.4. The molecular formula is C20H24N2O3. The van der Waals surface area contributed by atoms with Crippen molar-refractivity contribution in [2.75, 3.05) is 6.54 Å². The molecule has 5 heteroatoms. The third-order valence-corrected chi connectivity index (χ3v) is 5.04. The Morgan fingerprint density at radius 3 is 2.60 bits per heavy atom. The van der Waals surface area contributed by atoms with Gasteiger partial charge < -0.3 is 14.6 Å². The Morgan fingerprint density at radius 2 is 1.92 bits per heavy atom. The maximum Gasteiger partial charge on any atom is 0.305 e. The highest BCUT2D eigenvalue weighted by Crippen LogP contribution is 2.25. The number of aryl methyl sites for hydroxylation is 1. The Hall–Kier alpha value is -2.56. The summed E-state index contributed by atoms with van der Waals surface area (Å²) in [5, 5.41) is 9.07. The Balaban J connectivity index is 1.84. The van der Waals surface area contributed by atoms with E-state index in [0.29, 0.717) is 12.1 Å². The number of nitrogens with zero attached hydrogens (tertiary/aromatic N) is 2. The normalized spacial score (nSPS) is 17.0. The van der Waals surface area contributed by atoms with E-state index < -0.39 is 5.97 Å². The smallest absolute Gasteiger partial charge is 0.305 e. The van der Waals surface area contributed by atoms with Crippen molar-refractivity contribution in [1.82, 2.24) is 9.47 Å². The lowest BCUT2D eigenvalue weighted by Crippen LogP contribution is -2.37. The second kappa shape index (κ2) is 7.13. The molecule has 0 bridgehead atoms. The number of carbonyl (C=O) groups is 2. The van der Waals surface area contributed by atoms with Gasteiger partial charge >= 0.3 is 5.97 Å². The fraction of sp³-hybridized carbons (Fsp3) is 0.400. The van der Waals surface area contributed by atoms with Crippen LogP contribution in [0, 0.1) is 13.8 Å². The molecule has 1 atom stereocenters. The quantitative estimate of drug-likeness (QED) is 0.909. The Kier molecular flexibility index (Phi) is 4.93. The van der Waals surface area contributed by atoms with Gasteiger partial charge in [0.1, 0.15) is 0 Å². The van der Waals surface area contributed by atoms with Gasteiger partial charge in [-0.1, -0.05) is 30.3 Å². The van der Waals surface area contributed by atoms with Gasteiger partial charge in [-0.3, -0.25) is 9.59 Å². The van der Waals surface area contributed by atoms with Crippen molar-refractivity contribution in [3.8, 4) is 0 Å². The summed E-state index contributed by atoms with van der Waals surface area (Å²) >= 11 is 0. The van der Waals surface area contributed by atoms with Crippen LogP contribution in [0.3, 0.4) is 0 Å². The molecule has 5 nitrogen and oxygen atoms in total. The average molecular weight is 340 g/mol. The number of carboxylic acids is 1. The van der Waals surface area contributed by atoms with Crippen molar-refractivity contribution in [1.29, 1.82) is 0 Å². The van der Waals surface area contributed by atoms with E-state index >= 15 is 0 Å². The van der Waals surface area contributed by atoms with Gasteiger partial charge in [0.15, 0.2) is 0 Å². The Morgan fingerprint density at radius 1 is 1.20 bits per heavy atom. The molecule has 0 saturated carbocycles. The predicted molar refractivity (Wildman–Crippen MR) is 95.8 cm³/mol. The van der Waals surface area contributed by atoms with Gasteiger partial charge in [-0.05, 0) is 38.3 Å². The van der Waals surface area contributed by atoms with Gasteiger partial charge in [0.25, 0.3) is 5.91 Å². The SMILES string of the molecule is Cc1cc(C(=O)N2CCCC2CC(=O)O)c(C)n1Cc1ccccc1. The third kappa shape index (κ3) is 3.60. The monoisotopic (exact) mass is 340 g/mol. The molecular weight excluding hydrogens is 316 g/mol. The molecule has 3 rings (SSSR count).